The third-order valence-electron chi connectivity index (χ3n) is 3.99. The zero-order valence-electron chi connectivity index (χ0n) is 12.8. The zero-order chi connectivity index (χ0) is 14.6. The summed E-state index contributed by atoms with van der Waals surface area (Å²) >= 11 is 0. The van der Waals surface area contributed by atoms with Crippen molar-refractivity contribution in [1.29, 1.82) is 0 Å². The number of aliphatic carboxylic acids is 1. The van der Waals surface area contributed by atoms with Crippen LogP contribution in [0.15, 0.2) is 12.2 Å². The van der Waals surface area contributed by atoms with Crippen molar-refractivity contribution in [3.8, 4) is 0 Å². The maximum absolute atomic E-state index is 10.7. The molecule has 0 saturated carbocycles. The van der Waals surface area contributed by atoms with Crippen molar-refractivity contribution in [2.75, 3.05) is 0 Å². The molecule has 0 spiro atoms. The van der Waals surface area contributed by atoms with Crippen LogP contribution in [-0.4, -0.2) is 25.0 Å². The molecule has 1 N–H and O–H groups in total. The molecule has 18 heavy (non-hydrogen) atoms. The topological polar surface area (TPSA) is 46.5 Å². The van der Waals surface area contributed by atoms with Gasteiger partial charge in [0.2, 0.25) is 0 Å². The number of rotatable bonds is 6. The Kier molecular flexibility index (Phi) is 5.81. The van der Waals surface area contributed by atoms with Crippen molar-refractivity contribution >= 4 is 14.3 Å². The van der Waals surface area contributed by atoms with Gasteiger partial charge >= 0.3 is 5.97 Å². The van der Waals surface area contributed by atoms with Gasteiger partial charge in [0, 0.05) is 6.08 Å². The van der Waals surface area contributed by atoms with Crippen LogP contribution in [0, 0.1) is 0 Å². The lowest BCUT2D eigenvalue weighted by molar-refractivity contribution is -0.131. The third kappa shape index (κ3) is 4.57. The summed E-state index contributed by atoms with van der Waals surface area (Å²) in [5.74, 6) is -0.917. The molecule has 0 aliphatic carbocycles. The Balaban J connectivity index is 5.21. The van der Waals surface area contributed by atoms with Gasteiger partial charge in [-0.25, -0.2) is 4.79 Å². The average Bonchev–Trinajstić information content (AvgIpc) is 2.22. The summed E-state index contributed by atoms with van der Waals surface area (Å²) in [5.41, 5.74) is -0.443. The highest BCUT2D eigenvalue weighted by atomic mass is 28.4. The Hall–Kier alpha value is -0.613. The van der Waals surface area contributed by atoms with Crippen molar-refractivity contribution in [3.63, 3.8) is 0 Å². The third-order valence-corrected chi connectivity index (χ3v) is 8.52. The van der Waals surface area contributed by atoms with E-state index in [4.69, 9.17) is 9.53 Å². The number of hydrogen-bond donors (Lipinski definition) is 1. The Labute approximate surface area is 112 Å². The van der Waals surface area contributed by atoms with E-state index in [0.717, 1.165) is 12.8 Å². The number of hydrogen-bond acceptors (Lipinski definition) is 2. The van der Waals surface area contributed by atoms with E-state index in [2.05, 4.69) is 33.9 Å². The molecule has 0 heterocycles. The van der Waals surface area contributed by atoms with Gasteiger partial charge in [0.05, 0.1) is 5.60 Å². The average molecular weight is 272 g/mol. The van der Waals surface area contributed by atoms with E-state index in [1.165, 1.54) is 6.08 Å². The van der Waals surface area contributed by atoms with Gasteiger partial charge in [0.1, 0.15) is 0 Å². The van der Waals surface area contributed by atoms with Crippen LogP contribution in [0.2, 0.25) is 18.1 Å². The minimum Gasteiger partial charge on any atom is -0.478 e. The molecule has 0 aliphatic rings. The molecule has 0 rings (SSSR count). The fraction of sp³-hybridized carbons (Fsp3) is 0.786. The molecule has 0 atom stereocenters. The SMILES string of the molecule is CCC(/C=C/C(=O)O)(CC)O[Si](C)(C)C(C)(C)C. The summed E-state index contributed by atoms with van der Waals surface area (Å²) in [5, 5.41) is 8.92. The van der Waals surface area contributed by atoms with Gasteiger partial charge in [0.15, 0.2) is 8.32 Å². The molecule has 0 bridgehead atoms. The lowest BCUT2D eigenvalue weighted by Gasteiger charge is -2.44. The molecule has 0 amide bonds. The van der Waals surface area contributed by atoms with Crippen LogP contribution in [0.1, 0.15) is 47.5 Å². The predicted molar refractivity (Wildman–Crippen MR) is 78.4 cm³/mol. The summed E-state index contributed by atoms with van der Waals surface area (Å²) in [6.45, 7) is 15.1. The van der Waals surface area contributed by atoms with Crippen LogP contribution in [0.25, 0.3) is 0 Å². The predicted octanol–water partition coefficient (Wildman–Crippen LogP) is 4.21. The highest BCUT2D eigenvalue weighted by Gasteiger charge is 2.42. The highest BCUT2D eigenvalue weighted by Crippen LogP contribution is 2.41. The first-order valence-corrected chi connectivity index (χ1v) is 9.53. The Bertz CT molecular complexity index is 309. The van der Waals surface area contributed by atoms with E-state index < -0.39 is 19.9 Å². The Morgan fingerprint density at radius 3 is 1.94 bits per heavy atom. The molecule has 0 unspecified atom stereocenters. The van der Waals surface area contributed by atoms with E-state index in [1.807, 2.05) is 13.8 Å². The van der Waals surface area contributed by atoms with Crippen LogP contribution in [0.4, 0.5) is 0 Å². The van der Waals surface area contributed by atoms with Gasteiger partial charge in [-0.2, -0.15) is 0 Å². The summed E-state index contributed by atoms with van der Waals surface area (Å²) in [6.07, 6.45) is 4.51. The molecule has 0 fully saturated rings. The van der Waals surface area contributed by atoms with E-state index in [-0.39, 0.29) is 5.04 Å². The van der Waals surface area contributed by atoms with Crippen molar-refractivity contribution in [1.82, 2.24) is 0 Å². The van der Waals surface area contributed by atoms with Crippen LogP contribution < -0.4 is 0 Å². The fourth-order valence-corrected chi connectivity index (χ4v) is 3.23. The molecule has 0 aliphatic heterocycles. The number of carbonyl (C=O) groups is 1. The minimum absolute atomic E-state index is 0.125. The van der Waals surface area contributed by atoms with Crippen molar-refractivity contribution < 1.29 is 14.3 Å². The largest absolute Gasteiger partial charge is 0.478 e. The Morgan fingerprint density at radius 1 is 1.22 bits per heavy atom. The molecule has 0 aromatic rings. The number of carboxylic acids is 1. The maximum atomic E-state index is 10.7. The number of carboxylic acid groups (broad SMARTS) is 1. The van der Waals surface area contributed by atoms with E-state index in [1.54, 1.807) is 6.08 Å². The summed E-state index contributed by atoms with van der Waals surface area (Å²) in [6, 6.07) is 0. The monoisotopic (exact) mass is 272 g/mol. The van der Waals surface area contributed by atoms with Crippen molar-refractivity contribution in [2.45, 2.75) is 71.2 Å². The highest BCUT2D eigenvalue weighted by molar-refractivity contribution is 6.74. The molecular weight excluding hydrogens is 244 g/mol. The Morgan fingerprint density at radius 2 is 1.67 bits per heavy atom. The molecule has 3 nitrogen and oxygen atoms in total. The molecular formula is C14H28O3Si. The zero-order valence-corrected chi connectivity index (χ0v) is 13.8. The second kappa shape index (κ2) is 6.02. The molecule has 106 valence electrons. The van der Waals surface area contributed by atoms with E-state index in [9.17, 15) is 4.79 Å². The first-order valence-electron chi connectivity index (χ1n) is 6.62. The van der Waals surface area contributed by atoms with Gasteiger partial charge in [-0.1, -0.05) is 34.6 Å². The first-order chi connectivity index (χ1) is 7.99. The standard InChI is InChI=1S/C14H28O3Si/c1-8-14(9-2,11-10-12(15)16)17-18(6,7)13(3,4)5/h10-11H,8-9H2,1-7H3,(H,15,16)/b11-10+. The van der Waals surface area contributed by atoms with Crippen LogP contribution >= 0.6 is 0 Å². The smallest absolute Gasteiger partial charge is 0.328 e. The molecule has 0 aromatic carbocycles. The fourth-order valence-electron chi connectivity index (χ4n) is 1.55. The van der Waals surface area contributed by atoms with Crippen LogP contribution in [0.5, 0.6) is 0 Å². The van der Waals surface area contributed by atoms with Crippen LogP contribution in [-0.2, 0) is 9.22 Å². The van der Waals surface area contributed by atoms with Gasteiger partial charge in [-0.3, -0.25) is 0 Å². The van der Waals surface area contributed by atoms with Gasteiger partial charge in [0.25, 0.3) is 0 Å². The van der Waals surface area contributed by atoms with Crippen LogP contribution in [0.3, 0.4) is 0 Å². The molecule has 4 heteroatoms. The van der Waals surface area contributed by atoms with Gasteiger partial charge in [-0.15, -0.1) is 0 Å². The van der Waals surface area contributed by atoms with Gasteiger partial charge < -0.3 is 9.53 Å². The first kappa shape index (κ1) is 17.4. The lowest BCUT2D eigenvalue weighted by atomic mass is 9.97. The van der Waals surface area contributed by atoms with Crippen molar-refractivity contribution in [3.05, 3.63) is 12.2 Å². The van der Waals surface area contributed by atoms with E-state index in [0.29, 0.717) is 0 Å². The summed E-state index contributed by atoms with van der Waals surface area (Å²) in [7, 11) is -1.90. The summed E-state index contributed by atoms with van der Waals surface area (Å²) in [4.78, 5) is 10.7. The quantitative estimate of drug-likeness (QED) is 0.582. The van der Waals surface area contributed by atoms with Gasteiger partial charge in [-0.05, 0) is 37.0 Å². The summed E-state index contributed by atoms with van der Waals surface area (Å²) < 4.78 is 6.43. The minimum atomic E-state index is -1.90. The molecule has 0 radical (unpaired) electrons. The second-order valence-electron chi connectivity index (χ2n) is 6.31. The second-order valence-corrected chi connectivity index (χ2v) is 11.0. The molecule has 0 aromatic heterocycles. The maximum Gasteiger partial charge on any atom is 0.328 e. The van der Waals surface area contributed by atoms with E-state index >= 15 is 0 Å². The van der Waals surface area contributed by atoms with Crippen molar-refractivity contribution in [2.24, 2.45) is 0 Å². The molecule has 0 saturated heterocycles. The lowest BCUT2D eigenvalue weighted by Crippen LogP contribution is -2.48. The normalized spacial score (nSPS) is 14.2.